The number of aliphatic hydroxyl groups is 1. The SMILES string of the molecule is Cc1c(-c2onc(-c3c(F)cccc3Cl)c2-c2ncccn2)cnn1CC(C)O. The smallest absolute Gasteiger partial charge is 0.181 e. The van der Waals surface area contributed by atoms with Crippen LogP contribution in [0.25, 0.3) is 34.0 Å². The van der Waals surface area contributed by atoms with Crippen molar-refractivity contribution in [2.75, 3.05) is 0 Å². The standard InChI is InChI=1S/C20H17ClFN5O2/c1-11(28)10-27-12(2)13(9-25-27)19-17(20-23-7-4-8-24-20)18(26-29-19)16-14(21)5-3-6-15(16)22/h3-9,11,28H,10H2,1-2H3. The van der Waals surface area contributed by atoms with E-state index in [1.807, 2.05) is 6.92 Å². The predicted octanol–water partition coefficient (Wildman–Crippen LogP) is 4.14. The van der Waals surface area contributed by atoms with Gasteiger partial charge in [0.2, 0.25) is 0 Å². The number of benzene rings is 1. The summed E-state index contributed by atoms with van der Waals surface area (Å²) in [5.74, 6) is 0.136. The second-order valence-corrected chi connectivity index (χ2v) is 6.99. The van der Waals surface area contributed by atoms with Crippen LogP contribution in [-0.2, 0) is 6.54 Å². The minimum absolute atomic E-state index is 0.112. The molecule has 0 radical (unpaired) electrons. The molecule has 9 heteroatoms. The van der Waals surface area contributed by atoms with Gasteiger partial charge in [0.15, 0.2) is 11.6 Å². The Balaban J connectivity index is 1.96. The second kappa shape index (κ2) is 7.73. The summed E-state index contributed by atoms with van der Waals surface area (Å²) >= 11 is 6.26. The minimum Gasteiger partial charge on any atom is -0.391 e. The molecule has 1 N–H and O–H groups in total. The van der Waals surface area contributed by atoms with Crippen molar-refractivity contribution in [3.63, 3.8) is 0 Å². The average molecular weight is 414 g/mol. The van der Waals surface area contributed by atoms with Gasteiger partial charge in [-0.05, 0) is 32.0 Å². The van der Waals surface area contributed by atoms with E-state index in [1.165, 1.54) is 12.1 Å². The van der Waals surface area contributed by atoms with Gasteiger partial charge in [-0.3, -0.25) is 4.68 Å². The van der Waals surface area contributed by atoms with Gasteiger partial charge in [0, 0.05) is 18.1 Å². The molecule has 0 amide bonds. The highest BCUT2D eigenvalue weighted by Crippen LogP contribution is 2.42. The van der Waals surface area contributed by atoms with E-state index in [-0.39, 0.29) is 16.3 Å². The lowest BCUT2D eigenvalue weighted by Crippen LogP contribution is -2.14. The molecule has 29 heavy (non-hydrogen) atoms. The summed E-state index contributed by atoms with van der Waals surface area (Å²) in [5, 5.41) is 18.3. The van der Waals surface area contributed by atoms with Crippen LogP contribution in [0.15, 0.2) is 47.4 Å². The molecule has 148 valence electrons. The van der Waals surface area contributed by atoms with Crippen molar-refractivity contribution in [2.45, 2.75) is 26.5 Å². The molecule has 7 nitrogen and oxygen atoms in total. The first-order valence-electron chi connectivity index (χ1n) is 8.89. The largest absolute Gasteiger partial charge is 0.391 e. The van der Waals surface area contributed by atoms with Crippen molar-refractivity contribution in [1.82, 2.24) is 24.9 Å². The van der Waals surface area contributed by atoms with E-state index in [4.69, 9.17) is 16.1 Å². The highest BCUT2D eigenvalue weighted by atomic mass is 35.5. The molecule has 1 atom stereocenters. The molecule has 3 aromatic heterocycles. The summed E-state index contributed by atoms with van der Waals surface area (Å²) in [7, 11) is 0. The fourth-order valence-electron chi connectivity index (χ4n) is 3.11. The van der Waals surface area contributed by atoms with Crippen molar-refractivity contribution in [3.8, 4) is 34.0 Å². The summed E-state index contributed by atoms with van der Waals surface area (Å²) in [6.07, 6.45) is 4.20. The molecule has 1 aromatic carbocycles. The third-order valence-electron chi connectivity index (χ3n) is 4.47. The first kappa shape index (κ1) is 19.2. The Morgan fingerprint density at radius 2 is 1.97 bits per heavy atom. The van der Waals surface area contributed by atoms with Gasteiger partial charge >= 0.3 is 0 Å². The third-order valence-corrected chi connectivity index (χ3v) is 4.78. The Morgan fingerprint density at radius 3 is 2.66 bits per heavy atom. The van der Waals surface area contributed by atoms with Crippen LogP contribution in [0.5, 0.6) is 0 Å². The van der Waals surface area contributed by atoms with E-state index >= 15 is 0 Å². The number of hydrogen-bond donors (Lipinski definition) is 1. The zero-order valence-corrected chi connectivity index (χ0v) is 16.4. The molecule has 4 rings (SSSR count). The molecular weight excluding hydrogens is 397 g/mol. The van der Waals surface area contributed by atoms with E-state index in [0.29, 0.717) is 29.3 Å². The topological polar surface area (TPSA) is 89.9 Å². The number of halogens is 2. The first-order chi connectivity index (χ1) is 14.0. The first-order valence-corrected chi connectivity index (χ1v) is 9.27. The van der Waals surface area contributed by atoms with E-state index in [2.05, 4.69) is 20.2 Å². The molecular formula is C20H17ClFN5O2. The summed E-state index contributed by atoms with van der Waals surface area (Å²) in [5.41, 5.74) is 2.12. The fourth-order valence-corrected chi connectivity index (χ4v) is 3.36. The summed E-state index contributed by atoms with van der Waals surface area (Å²) in [6, 6.07) is 6.08. The maximum Gasteiger partial charge on any atom is 0.181 e. The van der Waals surface area contributed by atoms with E-state index in [1.54, 1.807) is 42.3 Å². The lowest BCUT2D eigenvalue weighted by atomic mass is 10.0. The van der Waals surface area contributed by atoms with E-state index < -0.39 is 11.9 Å². The van der Waals surface area contributed by atoms with Crippen molar-refractivity contribution in [3.05, 3.63) is 59.4 Å². The van der Waals surface area contributed by atoms with Crippen LogP contribution < -0.4 is 0 Å². The molecule has 0 aliphatic heterocycles. The Morgan fingerprint density at radius 1 is 1.21 bits per heavy atom. The molecule has 0 aliphatic rings. The quantitative estimate of drug-likeness (QED) is 0.528. The Kier molecular flexibility index (Phi) is 5.12. The number of aliphatic hydroxyl groups excluding tert-OH is 1. The van der Waals surface area contributed by atoms with Crippen LogP contribution in [0.1, 0.15) is 12.6 Å². The lowest BCUT2D eigenvalue weighted by molar-refractivity contribution is 0.167. The van der Waals surface area contributed by atoms with Crippen LogP contribution in [0, 0.1) is 12.7 Å². The highest BCUT2D eigenvalue weighted by Gasteiger charge is 2.28. The maximum absolute atomic E-state index is 14.6. The summed E-state index contributed by atoms with van der Waals surface area (Å²) in [6.45, 7) is 3.85. The van der Waals surface area contributed by atoms with Crippen LogP contribution >= 0.6 is 11.6 Å². The van der Waals surface area contributed by atoms with Gasteiger partial charge in [-0.25, -0.2) is 14.4 Å². The van der Waals surface area contributed by atoms with Gasteiger partial charge in [0.05, 0.1) is 40.6 Å². The average Bonchev–Trinajstić information content (AvgIpc) is 3.26. The zero-order valence-electron chi connectivity index (χ0n) is 15.7. The van der Waals surface area contributed by atoms with Crippen molar-refractivity contribution >= 4 is 11.6 Å². The molecule has 0 saturated heterocycles. The van der Waals surface area contributed by atoms with Gasteiger partial charge in [0.1, 0.15) is 11.5 Å². The van der Waals surface area contributed by atoms with Crippen molar-refractivity contribution in [2.24, 2.45) is 0 Å². The highest BCUT2D eigenvalue weighted by molar-refractivity contribution is 6.33. The molecule has 0 aliphatic carbocycles. The van der Waals surface area contributed by atoms with E-state index in [0.717, 1.165) is 5.69 Å². The van der Waals surface area contributed by atoms with Crippen molar-refractivity contribution in [1.29, 1.82) is 0 Å². The number of aromatic nitrogens is 5. The summed E-state index contributed by atoms with van der Waals surface area (Å²) in [4.78, 5) is 8.59. The lowest BCUT2D eigenvalue weighted by Gasteiger charge is -2.08. The molecule has 4 aromatic rings. The van der Waals surface area contributed by atoms with Crippen LogP contribution in [0.4, 0.5) is 4.39 Å². The van der Waals surface area contributed by atoms with E-state index in [9.17, 15) is 9.50 Å². The summed E-state index contributed by atoms with van der Waals surface area (Å²) < 4.78 is 21.9. The Labute approximate surface area is 170 Å². The number of nitrogens with zero attached hydrogens (tertiary/aromatic N) is 5. The second-order valence-electron chi connectivity index (χ2n) is 6.58. The number of hydrogen-bond acceptors (Lipinski definition) is 6. The van der Waals surface area contributed by atoms with Crippen LogP contribution in [0.2, 0.25) is 5.02 Å². The van der Waals surface area contributed by atoms with Gasteiger partial charge in [-0.2, -0.15) is 5.10 Å². The molecule has 0 saturated carbocycles. The monoisotopic (exact) mass is 413 g/mol. The van der Waals surface area contributed by atoms with Crippen molar-refractivity contribution < 1.29 is 14.0 Å². The minimum atomic E-state index is -0.569. The third kappa shape index (κ3) is 3.52. The Hall–Kier alpha value is -3.10. The molecule has 0 bridgehead atoms. The van der Waals surface area contributed by atoms with Gasteiger partial charge < -0.3 is 9.63 Å². The van der Waals surface area contributed by atoms with Gasteiger partial charge in [-0.15, -0.1) is 0 Å². The molecule has 1 unspecified atom stereocenters. The number of rotatable bonds is 5. The van der Waals surface area contributed by atoms with Gasteiger partial charge in [-0.1, -0.05) is 22.8 Å². The predicted molar refractivity (Wildman–Crippen MR) is 106 cm³/mol. The van der Waals surface area contributed by atoms with Gasteiger partial charge in [0.25, 0.3) is 0 Å². The molecule has 3 heterocycles. The molecule has 0 fully saturated rings. The van der Waals surface area contributed by atoms with Crippen LogP contribution in [-0.4, -0.2) is 36.1 Å². The maximum atomic E-state index is 14.6. The fraction of sp³-hybridized carbons (Fsp3) is 0.200. The Bertz CT molecular complexity index is 1140. The normalized spacial score (nSPS) is 12.3. The molecule has 0 spiro atoms. The van der Waals surface area contributed by atoms with Crippen LogP contribution in [0.3, 0.4) is 0 Å². The zero-order chi connectivity index (χ0) is 20.5.